The third kappa shape index (κ3) is 22.5. The average Bonchev–Trinajstić information content (AvgIpc) is 2.20. The smallest absolute Gasteiger partial charge is 0.321 e. The van der Waals surface area contributed by atoms with Gasteiger partial charge in [0.15, 0.2) is 11.1 Å². The van der Waals surface area contributed by atoms with Crippen LogP contribution in [0.4, 0.5) is 0 Å². The van der Waals surface area contributed by atoms with E-state index in [0.717, 1.165) is 0 Å². The number of hydrogen-bond acceptors (Lipinski definition) is 6. The number of aliphatic carboxylic acids is 1. The van der Waals surface area contributed by atoms with Crippen molar-refractivity contribution in [3.63, 3.8) is 0 Å². The molecule has 0 saturated heterocycles. The van der Waals surface area contributed by atoms with E-state index in [1.165, 1.54) is 0 Å². The lowest BCUT2D eigenvalue weighted by Crippen LogP contribution is -2.31. The molecular formula is C5H13NO6S2. The molecule has 0 aliphatic carbocycles. The van der Waals surface area contributed by atoms with Crippen molar-refractivity contribution in [2.45, 2.75) is 6.04 Å². The number of thiol groups is 1. The second-order valence-electron chi connectivity index (χ2n) is 1.58. The van der Waals surface area contributed by atoms with Gasteiger partial charge in [-0.1, -0.05) is 0 Å². The van der Waals surface area contributed by atoms with Gasteiger partial charge < -0.3 is 25.3 Å². The van der Waals surface area contributed by atoms with Gasteiger partial charge >= 0.3 is 5.97 Å². The van der Waals surface area contributed by atoms with Crippen molar-refractivity contribution < 1.29 is 28.6 Å². The summed E-state index contributed by atoms with van der Waals surface area (Å²) in [6, 6.07) is -0.816. The maximum Gasteiger partial charge on any atom is 0.321 e. The van der Waals surface area contributed by atoms with Gasteiger partial charge in [0.25, 0.3) is 0 Å². The molecule has 14 heavy (non-hydrogen) atoms. The van der Waals surface area contributed by atoms with Crippen molar-refractivity contribution in [1.82, 2.24) is 0 Å². The van der Waals surface area contributed by atoms with Crippen LogP contribution < -0.4 is 5.73 Å². The molecule has 0 fully saturated rings. The van der Waals surface area contributed by atoms with Crippen LogP contribution in [-0.4, -0.2) is 49.5 Å². The van der Waals surface area contributed by atoms with Crippen molar-refractivity contribution in [2.75, 3.05) is 11.7 Å². The molecule has 5 N–H and O–H groups in total. The number of carboxylic acid groups (broad SMARTS) is 1. The number of hydrogen-bond donors (Lipinski definition) is 5. The summed E-state index contributed by atoms with van der Waals surface area (Å²) in [5.74, 6) is -1.48. The largest absolute Gasteiger partial charge is 0.480 e. The Balaban J connectivity index is -0.000000152. The molecule has 0 aromatic rings. The van der Waals surface area contributed by atoms with E-state index >= 15 is 0 Å². The zero-order chi connectivity index (χ0) is 12.1. The van der Waals surface area contributed by atoms with Gasteiger partial charge in [-0.3, -0.25) is 4.79 Å². The van der Waals surface area contributed by atoms with Crippen molar-refractivity contribution >= 4 is 36.5 Å². The highest BCUT2D eigenvalue weighted by molar-refractivity contribution is 7.80. The molecule has 0 heterocycles. The van der Waals surface area contributed by atoms with Gasteiger partial charge in [-0.05, 0) is 0 Å². The summed E-state index contributed by atoms with van der Waals surface area (Å²) in [4.78, 5) is 17.8. The zero-order valence-corrected chi connectivity index (χ0v) is 8.91. The first kappa shape index (κ1) is 19.1. The van der Waals surface area contributed by atoms with Crippen molar-refractivity contribution in [3.8, 4) is 0 Å². The maximum absolute atomic E-state index is 9.76. The SMILES string of the molecule is C=O.NC(CS)C(=O)O.O=S(O)CO. The summed E-state index contributed by atoms with van der Waals surface area (Å²) in [7, 11) is 0. The Morgan fingerprint density at radius 1 is 1.57 bits per heavy atom. The molecule has 0 radical (unpaired) electrons. The van der Waals surface area contributed by atoms with Crippen LogP contribution in [0, 0.1) is 0 Å². The fourth-order valence-corrected chi connectivity index (χ4v) is 0.234. The minimum atomic E-state index is -2.02. The molecule has 9 heteroatoms. The monoisotopic (exact) mass is 247 g/mol. The van der Waals surface area contributed by atoms with Gasteiger partial charge in [0, 0.05) is 5.75 Å². The Kier molecular flexibility index (Phi) is 20.5. The molecule has 2 atom stereocenters. The van der Waals surface area contributed by atoms with E-state index in [9.17, 15) is 9.00 Å². The van der Waals surface area contributed by atoms with Crippen LogP contribution in [0.1, 0.15) is 0 Å². The zero-order valence-electron chi connectivity index (χ0n) is 7.20. The Hall–Kier alpha value is -0.480. The molecule has 0 amide bonds. The van der Waals surface area contributed by atoms with E-state index in [0.29, 0.717) is 0 Å². The molecule has 0 aliphatic heterocycles. The Labute approximate surface area is 89.0 Å². The molecule has 2 unspecified atom stereocenters. The lowest BCUT2D eigenvalue weighted by Gasteiger charge is -1.96. The van der Waals surface area contributed by atoms with Crippen LogP contribution in [0.5, 0.6) is 0 Å². The van der Waals surface area contributed by atoms with Crippen LogP contribution in [0.3, 0.4) is 0 Å². The number of rotatable bonds is 3. The number of nitrogens with two attached hydrogens (primary N) is 1. The lowest BCUT2D eigenvalue weighted by molar-refractivity contribution is -0.137. The minimum absolute atomic E-state index is 0.190. The Morgan fingerprint density at radius 3 is 1.86 bits per heavy atom. The fourth-order valence-electron chi connectivity index (χ4n) is 0.0781. The van der Waals surface area contributed by atoms with Crippen molar-refractivity contribution in [1.29, 1.82) is 0 Å². The molecule has 86 valence electrons. The van der Waals surface area contributed by atoms with Crippen LogP contribution in [-0.2, 0) is 20.7 Å². The van der Waals surface area contributed by atoms with Gasteiger partial charge in [0.05, 0.1) is 0 Å². The molecule has 0 aromatic heterocycles. The number of carboxylic acids is 1. The number of carbonyl (C=O) groups is 2. The van der Waals surface area contributed by atoms with Gasteiger partial charge in [-0.25, -0.2) is 4.21 Å². The normalized spacial score (nSPS) is 12.3. The molecule has 0 rings (SSSR count). The van der Waals surface area contributed by atoms with E-state index in [-0.39, 0.29) is 5.75 Å². The summed E-state index contributed by atoms with van der Waals surface area (Å²) >= 11 is 1.63. The third-order valence-electron chi connectivity index (χ3n) is 0.624. The second-order valence-corrected chi connectivity index (χ2v) is 2.84. The first-order valence-corrected chi connectivity index (χ1v) is 4.93. The minimum Gasteiger partial charge on any atom is -0.480 e. The van der Waals surface area contributed by atoms with E-state index in [4.69, 9.17) is 25.3 Å². The van der Waals surface area contributed by atoms with Crippen LogP contribution in [0.2, 0.25) is 0 Å². The van der Waals surface area contributed by atoms with Gasteiger partial charge in [-0.2, -0.15) is 12.6 Å². The summed E-state index contributed by atoms with van der Waals surface area (Å²) in [6.07, 6.45) is 0. The average molecular weight is 247 g/mol. The summed E-state index contributed by atoms with van der Waals surface area (Å²) < 4.78 is 16.8. The predicted molar refractivity (Wildman–Crippen MR) is 54.4 cm³/mol. The molecule has 0 saturated carbocycles. The lowest BCUT2D eigenvalue weighted by atomic mass is 10.4. The summed E-state index contributed by atoms with van der Waals surface area (Å²) in [5, 5.41) is 15.6. The highest BCUT2D eigenvalue weighted by atomic mass is 32.2. The summed E-state index contributed by atoms with van der Waals surface area (Å²) in [5.41, 5.74) is 4.94. The Bertz CT molecular complexity index is 166. The first-order chi connectivity index (χ1) is 6.45. The first-order valence-electron chi connectivity index (χ1n) is 3.02. The van der Waals surface area contributed by atoms with Crippen LogP contribution in [0.25, 0.3) is 0 Å². The quantitative estimate of drug-likeness (QED) is 0.296. The molecule has 0 bridgehead atoms. The third-order valence-corrected chi connectivity index (χ3v) is 1.24. The summed E-state index contributed by atoms with van der Waals surface area (Å²) in [6.45, 7) is 2.00. The van der Waals surface area contributed by atoms with E-state index in [1.807, 2.05) is 6.79 Å². The van der Waals surface area contributed by atoms with Gasteiger partial charge in [-0.15, -0.1) is 0 Å². The predicted octanol–water partition coefficient (Wildman–Crippen LogP) is -1.70. The molecular weight excluding hydrogens is 234 g/mol. The molecule has 0 aliphatic rings. The van der Waals surface area contributed by atoms with E-state index in [1.54, 1.807) is 0 Å². The van der Waals surface area contributed by atoms with Gasteiger partial charge in [0.1, 0.15) is 18.8 Å². The van der Waals surface area contributed by atoms with Crippen molar-refractivity contribution in [2.24, 2.45) is 5.73 Å². The Morgan fingerprint density at radius 2 is 1.86 bits per heavy atom. The van der Waals surface area contributed by atoms with E-state index < -0.39 is 29.0 Å². The highest BCUT2D eigenvalue weighted by Crippen LogP contribution is 1.80. The topological polar surface area (TPSA) is 138 Å². The molecule has 0 spiro atoms. The van der Waals surface area contributed by atoms with Gasteiger partial charge in [0.2, 0.25) is 0 Å². The fraction of sp³-hybridized carbons (Fsp3) is 0.600. The maximum atomic E-state index is 9.76. The standard InChI is InChI=1S/C3H7NO2S.CH4O3S.CH2O/c4-2(1-7)3(5)6;2-1-5(3)4;1-2/h2,7H,1,4H2,(H,5,6);2H,1H2,(H,3,4);1H2. The number of aliphatic hydroxyl groups excluding tert-OH is 1. The second kappa shape index (κ2) is 15.0. The van der Waals surface area contributed by atoms with Crippen LogP contribution >= 0.6 is 12.6 Å². The molecule has 0 aromatic carbocycles. The highest BCUT2D eigenvalue weighted by Gasteiger charge is 2.06. The molecule has 7 nitrogen and oxygen atoms in total. The number of aliphatic hydroxyl groups is 1. The van der Waals surface area contributed by atoms with Crippen LogP contribution in [0.15, 0.2) is 0 Å². The van der Waals surface area contributed by atoms with E-state index in [2.05, 4.69) is 12.6 Å². The number of carbonyl (C=O) groups excluding carboxylic acids is 1. The van der Waals surface area contributed by atoms with Crippen molar-refractivity contribution in [3.05, 3.63) is 0 Å².